The van der Waals surface area contributed by atoms with Crippen LogP contribution in [0.4, 0.5) is 15.9 Å². The molecule has 182 valence electrons. The van der Waals surface area contributed by atoms with E-state index in [2.05, 4.69) is 15.6 Å². The minimum atomic E-state index is -0.359. The lowest BCUT2D eigenvalue weighted by Crippen LogP contribution is -2.41. The molecule has 8 heteroatoms. The second-order valence-electron chi connectivity index (χ2n) is 8.13. The van der Waals surface area contributed by atoms with Gasteiger partial charge in [0, 0.05) is 31.3 Å². The molecule has 0 saturated carbocycles. The van der Waals surface area contributed by atoms with Gasteiger partial charge >= 0.3 is 0 Å². The Labute approximate surface area is 204 Å². The zero-order valence-corrected chi connectivity index (χ0v) is 19.9. The molecule has 1 aromatic heterocycles. The van der Waals surface area contributed by atoms with Gasteiger partial charge in [0.15, 0.2) is 0 Å². The topological polar surface area (TPSA) is 91.4 Å². The minimum Gasteiger partial charge on any atom is -0.350 e. The van der Waals surface area contributed by atoms with E-state index in [9.17, 15) is 18.8 Å². The molecule has 0 bridgehead atoms. The Kier molecular flexibility index (Phi) is 9.06. The monoisotopic (exact) mass is 476 g/mol. The molecule has 7 nitrogen and oxygen atoms in total. The number of benzene rings is 2. The molecule has 0 fully saturated rings. The highest BCUT2D eigenvalue weighted by molar-refractivity contribution is 6.01. The first-order chi connectivity index (χ1) is 16.9. The number of hydrogen-bond acceptors (Lipinski definition) is 4. The highest BCUT2D eigenvalue weighted by Crippen LogP contribution is 2.22. The summed E-state index contributed by atoms with van der Waals surface area (Å²) in [6, 6.07) is 16.8. The second kappa shape index (κ2) is 12.4. The third-order valence-corrected chi connectivity index (χ3v) is 5.42. The molecule has 0 aliphatic carbocycles. The summed E-state index contributed by atoms with van der Waals surface area (Å²) in [5.41, 5.74) is 3.26. The first-order valence-electron chi connectivity index (χ1n) is 11.5. The average Bonchev–Trinajstić information content (AvgIpc) is 2.85. The highest BCUT2D eigenvalue weighted by Gasteiger charge is 2.22. The van der Waals surface area contributed by atoms with Crippen molar-refractivity contribution in [3.8, 4) is 0 Å². The van der Waals surface area contributed by atoms with Gasteiger partial charge in [-0.1, -0.05) is 37.3 Å². The largest absolute Gasteiger partial charge is 0.350 e. The Hall–Kier alpha value is -4.07. The van der Waals surface area contributed by atoms with Crippen molar-refractivity contribution in [2.24, 2.45) is 0 Å². The Balaban J connectivity index is 1.66. The molecule has 0 spiro atoms. The summed E-state index contributed by atoms with van der Waals surface area (Å²) < 4.78 is 13.1. The van der Waals surface area contributed by atoms with Gasteiger partial charge in [-0.25, -0.2) is 9.37 Å². The van der Waals surface area contributed by atoms with Crippen molar-refractivity contribution in [1.29, 1.82) is 0 Å². The number of carbonyl (C=O) groups excluding carboxylic acids is 3. The lowest BCUT2D eigenvalue weighted by Gasteiger charge is -2.25. The van der Waals surface area contributed by atoms with E-state index in [0.29, 0.717) is 17.9 Å². The normalized spacial score (nSPS) is 10.5. The summed E-state index contributed by atoms with van der Waals surface area (Å²) in [6.45, 7) is 3.88. The molecular weight excluding hydrogens is 447 g/mol. The molecule has 3 amide bonds. The van der Waals surface area contributed by atoms with Gasteiger partial charge in [0.25, 0.3) is 0 Å². The summed E-state index contributed by atoms with van der Waals surface area (Å²) in [5, 5.41) is 5.47. The molecule has 0 radical (unpaired) electrons. The van der Waals surface area contributed by atoms with Crippen molar-refractivity contribution in [1.82, 2.24) is 10.3 Å². The van der Waals surface area contributed by atoms with Crippen molar-refractivity contribution >= 4 is 29.2 Å². The van der Waals surface area contributed by atoms with E-state index in [1.54, 1.807) is 36.5 Å². The maximum atomic E-state index is 13.2. The van der Waals surface area contributed by atoms with Crippen molar-refractivity contribution in [2.75, 3.05) is 16.8 Å². The van der Waals surface area contributed by atoms with Crippen LogP contribution in [0, 0.1) is 12.7 Å². The van der Waals surface area contributed by atoms with E-state index in [1.165, 1.54) is 17.0 Å². The number of aryl methyl sites for hydroxylation is 2. The van der Waals surface area contributed by atoms with E-state index >= 15 is 0 Å². The zero-order valence-electron chi connectivity index (χ0n) is 19.9. The van der Waals surface area contributed by atoms with Crippen LogP contribution in [0.15, 0.2) is 66.9 Å². The molecule has 3 rings (SSSR count). The standard InChI is InChI=1S/C27H29FN4O3/c1-3-21-6-4-5-7-23(21)32(18-26(34)30-17-20-8-10-22(28)11-9-20)27(35)13-12-25(33)31-24-16-19(2)14-15-29-24/h4-11,14-16H,3,12-13,17-18H2,1-2H3,(H,30,34)(H,29,31,33). The Morgan fingerprint density at radius 2 is 1.71 bits per heavy atom. The zero-order chi connectivity index (χ0) is 25.2. The number of rotatable bonds is 10. The first-order valence-corrected chi connectivity index (χ1v) is 11.5. The van der Waals surface area contributed by atoms with Crippen LogP contribution >= 0.6 is 0 Å². The van der Waals surface area contributed by atoms with E-state index in [1.807, 2.05) is 32.0 Å². The number of para-hydroxylation sites is 1. The predicted octanol–water partition coefficient (Wildman–Crippen LogP) is 4.16. The van der Waals surface area contributed by atoms with Gasteiger partial charge in [0.1, 0.15) is 18.2 Å². The average molecular weight is 477 g/mol. The van der Waals surface area contributed by atoms with E-state index in [-0.39, 0.29) is 49.5 Å². The van der Waals surface area contributed by atoms with Gasteiger partial charge in [0.05, 0.1) is 0 Å². The third-order valence-electron chi connectivity index (χ3n) is 5.42. The molecule has 0 unspecified atom stereocenters. The highest BCUT2D eigenvalue weighted by atomic mass is 19.1. The van der Waals surface area contributed by atoms with E-state index < -0.39 is 0 Å². The molecule has 0 saturated heterocycles. The second-order valence-corrected chi connectivity index (χ2v) is 8.13. The van der Waals surface area contributed by atoms with Crippen LogP contribution < -0.4 is 15.5 Å². The summed E-state index contributed by atoms with van der Waals surface area (Å²) in [5.74, 6) is -0.954. The maximum Gasteiger partial charge on any atom is 0.240 e. The minimum absolute atomic E-state index is 0.0452. The quantitative estimate of drug-likeness (QED) is 0.460. The van der Waals surface area contributed by atoms with E-state index in [0.717, 1.165) is 16.7 Å². The number of amides is 3. The number of hydrogen-bond donors (Lipinski definition) is 2. The molecule has 2 N–H and O–H groups in total. The number of nitrogens with zero attached hydrogens (tertiary/aromatic N) is 2. The fourth-order valence-corrected chi connectivity index (χ4v) is 3.55. The third kappa shape index (κ3) is 7.74. The van der Waals surface area contributed by atoms with Gasteiger partial charge in [-0.15, -0.1) is 0 Å². The Morgan fingerprint density at radius 1 is 0.971 bits per heavy atom. The predicted molar refractivity (Wildman–Crippen MR) is 133 cm³/mol. The van der Waals surface area contributed by atoms with Crippen LogP contribution in [0.3, 0.4) is 0 Å². The Morgan fingerprint density at radius 3 is 2.43 bits per heavy atom. The fourth-order valence-electron chi connectivity index (χ4n) is 3.55. The van der Waals surface area contributed by atoms with Crippen molar-refractivity contribution in [3.63, 3.8) is 0 Å². The molecule has 35 heavy (non-hydrogen) atoms. The SMILES string of the molecule is CCc1ccccc1N(CC(=O)NCc1ccc(F)cc1)C(=O)CCC(=O)Nc1cc(C)ccn1. The number of halogens is 1. The van der Waals surface area contributed by atoms with Crippen LogP contribution in [-0.4, -0.2) is 29.3 Å². The van der Waals surface area contributed by atoms with Crippen LogP contribution in [0.5, 0.6) is 0 Å². The number of pyridine rings is 1. The number of aromatic nitrogens is 1. The molecule has 0 aliphatic rings. The van der Waals surface area contributed by atoms with Crippen LogP contribution in [0.25, 0.3) is 0 Å². The molecule has 0 atom stereocenters. The summed E-state index contributed by atoms with van der Waals surface area (Å²) >= 11 is 0. The molecule has 3 aromatic rings. The van der Waals surface area contributed by atoms with Gasteiger partial charge < -0.3 is 15.5 Å². The lowest BCUT2D eigenvalue weighted by atomic mass is 10.1. The lowest BCUT2D eigenvalue weighted by molar-refractivity contribution is -0.125. The molecule has 1 heterocycles. The van der Waals surface area contributed by atoms with Gasteiger partial charge in [-0.3, -0.25) is 14.4 Å². The number of carbonyl (C=O) groups is 3. The van der Waals surface area contributed by atoms with Gasteiger partial charge in [-0.05, 0) is 60.4 Å². The van der Waals surface area contributed by atoms with Gasteiger partial charge in [-0.2, -0.15) is 0 Å². The summed E-state index contributed by atoms with van der Waals surface area (Å²) in [4.78, 5) is 43.8. The van der Waals surface area contributed by atoms with Gasteiger partial charge in [0.2, 0.25) is 17.7 Å². The molecule has 2 aromatic carbocycles. The number of nitrogens with one attached hydrogen (secondary N) is 2. The fraction of sp³-hybridized carbons (Fsp3) is 0.259. The first kappa shape index (κ1) is 25.6. The van der Waals surface area contributed by atoms with Crippen LogP contribution in [0.1, 0.15) is 36.5 Å². The summed E-state index contributed by atoms with van der Waals surface area (Å²) in [6.07, 6.45) is 2.16. The number of anilines is 2. The maximum absolute atomic E-state index is 13.2. The molecule has 0 aliphatic heterocycles. The summed E-state index contributed by atoms with van der Waals surface area (Å²) in [7, 11) is 0. The van der Waals surface area contributed by atoms with Crippen molar-refractivity contribution < 1.29 is 18.8 Å². The Bertz CT molecular complexity index is 1180. The van der Waals surface area contributed by atoms with Crippen molar-refractivity contribution in [2.45, 2.75) is 39.7 Å². The van der Waals surface area contributed by atoms with Crippen molar-refractivity contribution in [3.05, 3.63) is 89.4 Å². The van der Waals surface area contributed by atoms with Crippen LogP contribution in [-0.2, 0) is 27.3 Å². The van der Waals surface area contributed by atoms with Crippen LogP contribution in [0.2, 0.25) is 0 Å². The smallest absolute Gasteiger partial charge is 0.240 e. The molecular formula is C27H29FN4O3. The van der Waals surface area contributed by atoms with E-state index in [4.69, 9.17) is 0 Å².